The van der Waals surface area contributed by atoms with E-state index in [4.69, 9.17) is 4.74 Å². The smallest absolute Gasteiger partial charge is 0.310 e. The zero-order valence-electron chi connectivity index (χ0n) is 12.3. The second-order valence-corrected chi connectivity index (χ2v) is 4.88. The molecule has 0 radical (unpaired) electrons. The molecule has 0 aliphatic heterocycles. The van der Waals surface area contributed by atoms with Crippen LogP contribution in [0.25, 0.3) is 11.1 Å². The summed E-state index contributed by atoms with van der Waals surface area (Å²) in [6.45, 7) is -0.399. The van der Waals surface area contributed by atoms with E-state index in [1.165, 1.54) is 0 Å². The summed E-state index contributed by atoms with van der Waals surface area (Å²) >= 11 is 0. The molecular weight excluding hydrogens is 305 g/mol. The zero-order valence-corrected chi connectivity index (χ0v) is 12.3. The molecule has 120 valence electrons. The lowest BCUT2D eigenvalue weighted by atomic mass is 10.0. The molecule has 2 nitrogen and oxygen atoms in total. The summed E-state index contributed by atoms with van der Waals surface area (Å²) in [5, 5.41) is 0. The molecule has 23 heavy (non-hydrogen) atoms. The largest absolute Gasteiger partial charge is 0.465 e. The van der Waals surface area contributed by atoms with Gasteiger partial charge in [0.05, 0.1) is 13.0 Å². The topological polar surface area (TPSA) is 26.3 Å². The van der Waals surface area contributed by atoms with E-state index in [-0.39, 0.29) is 6.42 Å². The maximum atomic E-state index is 12.5. The lowest BCUT2D eigenvalue weighted by Crippen LogP contribution is -2.09. The lowest BCUT2D eigenvalue weighted by molar-refractivity contribution is -0.142. The molecule has 0 N–H and O–H groups in total. The fourth-order valence-electron chi connectivity index (χ4n) is 2.01. The SMILES string of the molecule is O=C(Cc1ccc(-c2ccccc2)cc1)OCCC(F)=C(F)F. The molecule has 0 fully saturated rings. The highest BCUT2D eigenvalue weighted by atomic mass is 19.3. The van der Waals surface area contributed by atoms with Crippen molar-refractivity contribution in [2.75, 3.05) is 6.61 Å². The van der Waals surface area contributed by atoms with Gasteiger partial charge in [-0.05, 0) is 16.7 Å². The molecule has 0 aromatic heterocycles. The van der Waals surface area contributed by atoms with Crippen LogP contribution in [-0.2, 0) is 16.0 Å². The summed E-state index contributed by atoms with van der Waals surface area (Å²) in [5.41, 5.74) is 2.83. The Bertz CT molecular complexity index is 675. The minimum Gasteiger partial charge on any atom is -0.465 e. The first-order valence-corrected chi connectivity index (χ1v) is 7.06. The van der Waals surface area contributed by atoms with Crippen molar-refractivity contribution in [3.63, 3.8) is 0 Å². The van der Waals surface area contributed by atoms with Gasteiger partial charge in [-0.3, -0.25) is 4.79 Å². The number of carbonyl (C=O) groups excluding carboxylic acids is 1. The fraction of sp³-hybridized carbons (Fsp3) is 0.167. The van der Waals surface area contributed by atoms with Crippen LogP contribution < -0.4 is 0 Å². The maximum absolute atomic E-state index is 12.5. The number of esters is 1. The fourth-order valence-corrected chi connectivity index (χ4v) is 2.01. The third-order valence-corrected chi connectivity index (χ3v) is 3.20. The van der Waals surface area contributed by atoms with Gasteiger partial charge in [-0.25, -0.2) is 4.39 Å². The molecule has 5 heteroatoms. The van der Waals surface area contributed by atoms with Gasteiger partial charge in [0, 0.05) is 6.42 Å². The monoisotopic (exact) mass is 320 g/mol. The van der Waals surface area contributed by atoms with Crippen LogP contribution in [0, 0.1) is 0 Å². The highest BCUT2D eigenvalue weighted by molar-refractivity contribution is 5.73. The van der Waals surface area contributed by atoms with E-state index in [1.54, 1.807) is 12.1 Å². The van der Waals surface area contributed by atoms with E-state index in [0.717, 1.165) is 16.7 Å². The molecule has 0 bridgehead atoms. The molecule has 0 amide bonds. The number of hydrogen-bond donors (Lipinski definition) is 0. The van der Waals surface area contributed by atoms with Crippen molar-refractivity contribution in [1.29, 1.82) is 0 Å². The van der Waals surface area contributed by atoms with Crippen molar-refractivity contribution >= 4 is 5.97 Å². The van der Waals surface area contributed by atoms with Crippen molar-refractivity contribution in [3.8, 4) is 11.1 Å². The van der Waals surface area contributed by atoms with Gasteiger partial charge in [0.15, 0.2) is 5.83 Å². The summed E-state index contributed by atoms with van der Waals surface area (Å²) in [6.07, 6.45) is -2.97. The Balaban J connectivity index is 1.86. The standard InChI is InChI=1S/C18H15F3O2/c19-16(18(20)21)10-11-23-17(22)12-13-6-8-15(9-7-13)14-4-2-1-3-5-14/h1-9H,10-12H2. The lowest BCUT2D eigenvalue weighted by Gasteiger charge is -2.06. The van der Waals surface area contributed by atoms with Gasteiger partial charge in [0.25, 0.3) is 0 Å². The molecule has 0 unspecified atom stereocenters. The second-order valence-electron chi connectivity index (χ2n) is 4.88. The zero-order chi connectivity index (χ0) is 16.7. The summed E-state index contributed by atoms with van der Waals surface area (Å²) in [5.74, 6) is -2.13. The van der Waals surface area contributed by atoms with Crippen LogP contribution in [0.5, 0.6) is 0 Å². The number of rotatable bonds is 6. The summed E-state index contributed by atoms with van der Waals surface area (Å²) in [6, 6.07) is 17.1. The quantitative estimate of drug-likeness (QED) is 0.707. The van der Waals surface area contributed by atoms with E-state index in [1.807, 2.05) is 42.5 Å². The van der Waals surface area contributed by atoms with Crippen LogP contribution in [-0.4, -0.2) is 12.6 Å². The number of halogens is 3. The highest BCUT2D eigenvalue weighted by Crippen LogP contribution is 2.19. The minimum absolute atomic E-state index is 0.0124. The van der Waals surface area contributed by atoms with E-state index >= 15 is 0 Å². The third kappa shape index (κ3) is 5.29. The Hall–Kier alpha value is -2.56. The maximum Gasteiger partial charge on any atom is 0.310 e. The minimum atomic E-state index is -2.38. The molecular formula is C18H15F3O2. The number of hydrogen-bond acceptors (Lipinski definition) is 2. The van der Waals surface area contributed by atoms with Crippen LogP contribution >= 0.6 is 0 Å². The third-order valence-electron chi connectivity index (χ3n) is 3.20. The molecule has 0 heterocycles. The average Bonchev–Trinajstić information content (AvgIpc) is 2.56. The van der Waals surface area contributed by atoms with Crippen LogP contribution in [0.2, 0.25) is 0 Å². The van der Waals surface area contributed by atoms with Crippen LogP contribution in [0.3, 0.4) is 0 Å². The van der Waals surface area contributed by atoms with Crippen molar-refractivity contribution < 1.29 is 22.7 Å². The van der Waals surface area contributed by atoms with E-state index < -0.39 is 30.9 Å². The van der Waals surface area contributed by atoms with Crippen molar-refractivity contribution in [3.05, 3.63) is 72.1 Å². The summed E-state index contributed by atoms with van der Waals surface area (Å²) in [7, 11) is 0. The van der Waals surface area contributed by atoms with Gasteiger partial charge >= 0.3 is 12.0 Å². The van der Waals surface area contributed by atoms with Crippen molar-refractivity contribution in [2.24, 2.45) is 0 Å². The number of benzene rings is 2. The predicted octanol–water partition coefficient (Wildman–Crippen LogP) is 4.91. The van der Waals surface area contributed by atoms with E-state index in [2.05, 4.69) is 0 Å². The van der Waals surface area contributed by atoms with Gasteiger partial charge in [0.1, 0.15) is 0 Å². The van der Waals surface area contributed by atoms with Gasteiger partial charge in [0.2, 0.25) is 0 Å². The Morgan fingerprint density at radius 2 is 1.48 bits per heavy atom. The molecule has 0 spiro atoms. The predicted molar refractivity (Wildman–Crippen MR) is 81.5 cm³/mol. The second kappa shape index (κ2) is 8.17. The van der Waals surface area contributed by atoms with Crippen molar-refractivity contribution in [1.82, 2.24) is 0 Å². The highest BCUT2D eigenvalue weighted by Gasteiger charge is 2.09. The Morgan fingerprint density at radius 3 is 2.09 bits per heavy atom. The molecule has 0 aliphatic rings. The van der Waals surface area contributed by atoms with Gasteiger partial charge in [-0.15, -0.1) is 0 Å². The van der Waals surface area contributed by atoms with E-state index in [0.29, 0.717) is 0 Å². The molecule has 2 aromatic rings. The Labute approximate surface area is 132 Å². The van der Waals surface area contributed by atoms with Crippen molar-refractivity contribution in [2.45, 2.75) is 12.8 Å². The van der Waals surface area contributed by atoms with Crippen LogP contribution in [0.4, 0.5) is 13.2 Å². The molecule has 0 saturated heterocycles. The van der Waals surface area contributed by atoms with Gasteiger partial charge in [-0.1, -0.05) is 54.6 Å². The number of carbonyl (C=O) groups is 1. The first kappa shape index (κ1) is 16.8. The average molecular weight is 320 g/mol. The van der Waals surface area contributed by atoms with Crippen LogP contribution in [0.15, 0.2) is 66.5 Å². The van der Waals surface area contributed by atoms with Crippen LogP contribution in [0.1, 0.15) is 12.0 Å². The van der Waals surface area contributed by atoms with E-state index in [9.17, 15) is 18.0 Å². The Kier molecular flexibility index (Phi) is 5.97. The number of ether oxygens (including phenoxy) is 1. The van der Waals surface area contributed by atoms with Gasteiger partial charge in [-0.2, -0.15) is 8.78 Å². The van der Waals surface area contributed by atoms with Gasteiger partial charge < -0.3 is 4.74 Å². The summed E-state index contributed by atoms with van der Waals surface area (Å²) in [4.78, 5) is 11.6. The Morgan fingerprint density at radius 1 is 0.870 bits per heavy atom. The molecule has 2 aromatic carbocycles. The molecule has 0 saturated carbocycles. The normalized spacial score (nSPS) is 10.2. The first-order valence-electron chi connectivity index (χ1n) is 7.06. The molecule has 0 atom stereocenters. The first-order chi connectivity index (χ1) is 11.1. The summed E-state index contributed by atoms with van der Waals surface area (Å²) < 4.78 is 41.0. The molecule has 2 rings (SSSR count). The molecule has 0 aliphatic carbocycles.